The number of halogens is 6. The second kappa shape index (κ2) is 12.1. The third kappa shape index (κ3) is 6.53. The Balaban J connectivity index is 1.79. The minimum Gasteiger partial charge on any atom is -0.478 e. The first kappa shape index (κ1) is 28.7. The second-order valence-corrected chi connectivity index (χ2v) is 10.9. The average molecular weight is 627 g/mol. The lowest BCUT2D eigenvalue weighted by Gasteiger charge is -2.15. The molecule has 3 N–H and O–H groups in total. The van der Waals surface area contributed by atoms with Crippen LogP contribution in [0.15, 0.2) is 47.4 Å². The van der Waals surface area contributed by atoms with Crippen molar-refractivity contribution in [2.24, 2.45) is 0 Å². The van der Waals surface area contributed by atoms with Crippen LogP contribution in [0.1, 0.15) is 27.6 Å². The highest BCUT2D eigenvalue weighted by molar-refractivity contribution is 8.00. The number of anilines is 2. The number of carboxylic acid groups (broad SMARTS) is 1. The lowest BCUT2D eigenvalue weighted by molar-refractivity contribution is -0.115. The molecule has 6 nitrogen and oxygen atoms in total. The van der Waals surface area contributed by atoms with Gasteiger partial charge in [-0.15, -0.1) is 11.8 Å². The number of benzene rings is 3. The van der Waals surface area contributed by atoms with Crippen molar-refractivity contribution in [3.8, 4) is 0 Å². The third-order valence-corrected chi connectivity index (χ3v) is 8.13. The molecule has 0 fully saturated rings. The lowest BCUT2D eigenvalue weighted by atomic mass is 10.1. The highest BCUT2D eigenvalue weighted by Gasteiger charge is 2.29. The summed E-state index contributed by atoms with van der Waals surface area (Å²) in [4.78, 5) is 38.0. The van der Waals surface area contributed by atoms with Crippen molar-refractivity contribution >= 4 is 111 Å². The predicted octanol–water partition coefficient (Wildman–Crippen LogP) is 8.68. The summed E-state index contributed by atoms with van der Waals surface area (Å²) in [7, 11) is 0. The van der Waals surface area contributed by atoms with Crippen molar-refractivity contribution in [1.29, 1.82) is 0 Å². The lowest BCUT2D eigenvalue weighted by Crippen LogP contribution is -2.22. The van der Waals surface area contributed by atoms with Gasteiger partial charge in [0, 0.05) is 15.6 Å². The molecular formula is C23H14Cl6N2O4S. The van der Waals surface area contributed by atoms with Crippen molar-refractivity contribution in [3.05, 3.63) is 83.7 Å². The van der Waals surface area contributed by atoms with E-state index in [-0.39, 0.29) is 21.0 Å². The van der Waals surface area contributed by atoms with E-state index in [2.05, 4.69) is 10.6 Å². The van der Waals surface area contributed by atoms with Gasteiger partial charge in [0.2, 0.25) is 5.91 Å². The molecule has 3 aromatic rings. The summed E-state index contributed by atoms with van der Waals surface area (Å²) in [5.41, 5.74) is -0.323. The molecule has 1 atom stereocenters. The van der Waals surface area contributed by atoms with E-state index in [1.54, 1.807) is 49.4 Å². The number of thioether (sulfide) groups is 1. The summed E-state index contributed by atoms with van der Waals surface area (Å²) in [6.07, 6.45) is 0. The number of carbonyl (C=O) groups is 3. The predicted molar refractivity (Wildman–Crippen MR) is 148 cm³/mol. The summed E-state index contributed by atoms with van der Waals surface area (Å²) in [6.45, 7) is 1.69. The largest absolute Gasteiger partial charge is 0.478 e. The van der Waals surface area contributed by atoms with Gasteiger partial charge in [-0.3, -0.25) is 9.59 Å². The van der Waals surface area contributed by atoms with Crippen molar-refractivity contribution in [3.63, 3.8) is 0 Å². The average Bonchev–Trinajstić information content (AvgIpc) is 2.82. The molecule has 0 aliphatic heterocycles. The fourth-order valence-corrected chi connectivity index (χ4v) is 5.25. The third-order valence-electron chi connectivity index (χ3n) is 4.67. The van der Waals surface area contributed by atoms with Crippen molar-refractivity contribution < 1.29 is 19.5 Å². The highest BCUT2D eigenvalue weighted by atomic mass is 35.5. The van der Waals surface area contributed by atoms with Crippen LogP contribution in [0.25, 0.3) is 0 Å². The molecule has 13 heteroatoms. The minimum atomic E-state index is -1.51. The van der Waals surface area contributed by atoms with Crippen LogP contribution in [0.5, 0.6) is 0 Å². The van der Waals surface area contributed by atoms with Gasteiger partial charge in [0.15, 0.2) is 0 Å². The van der Waals surface area contributed by atoms with Gasteiger partial charge in [0.1, 0.15) is 0 Å². The molecule has 0 saturated heterocycles. The molecule has 1 unspecified atom stereocenters. The van der Waals surface area contributed by atoms with Gasteiger partial charge < -0.3 is 15.7 Å². The number of carbonyl (C=O) groups excluding carboxylic acids is 2. The molecule has 0 aliphatic carbocycles. The Labute approximate surface area is 240 Å². The first-order valence-electron chi connectivity index (χ1n) is 9.84. The Kier molecular flexibility index (Phi) is 9.68. The zero-order valence-corrected chi connectivity index (χ0v) is 23.3. The summed E-state index contributed by atoms with van der Waals surface area (Å²) in [5, 5.41) is 13.8. The molecule has 0 spiro atoms. The maximum atomic E-state index is 13.0. The first-order chi connectivity index (χ1) is 16.9. The van der Waals surface area contributed by atoms with Crippen LogP contribution >= 0.6 is 81.4 Å². The van der Waals surface area contributed by atoms with Crippen LogP contribution in [0, 0.1) is 0 Å². The molecule has 3 rings (SSSR count). The Morgan fingerprint density at radius 3 is 2.11 bits per heavy atom. The van der Waals surface area contributed by atoms with Gasteiger partial charge in [0.25, 0.3) is 5.91 Å². The molecule has 0 bridgehead atoms. The van der Waals surface area contributed by atoms with E-state index in [9.17, 15) is 19.5 Å². The minimum absolute atomic E-state index is 0.248. The van der Waals surface area contributed by atoms with Gasteiger partial charge >= 0.3 is 5.97 Å². The summed E-state index contributed by atoms with van der Waals surface area (Å²) < 4.78 is 0. The smallest absolute Gasteiger partial charge is 0.338 e. The Bertz CT molecular complexity index is 1390. The highest BCUT2D eigenvalue weighted by Crippen LogP contribution is 2.42. The van der Waals surface area contributed by atoms with Crippen molar-refractivity contribution in [1.82, 2.24) is 0 Å². The van der Waals surface area contributed by atoms with Crippen LogP contribution < -0.4 is 10.6 Å². The van der Waals surface area contributed by atoms with Crippen LogP contribution in [-0.2, 0) is 4.79 Å². The van der Waals surface area contributed by atoms with Crippen molar-refractivity contribution in [2.75, 3.05) is 10.6 Å². The molecule has 0 aliphatic rings. The van der Waals surface area contributed by atoms with Gasteiger partial charge in [0.05, 0.1) is 47.2 Å². The van der Waals surface area contributed by atoms with E-state index in [1.165, 1.54) is 11.8 Å². The number of hydrogen-bond donors (Lipinski definition) is 3. The number of hydrogen-bond acceptors (Lipinski definition) is 4. The molecule has 188 valence electrons. The molecular weight excluding hydrogens is 613 g/mol. The summed E-state index contributed by atoms with van der Waals surface area (Å²) in [6, 6.07) is 11.3. The standard InChI is InChI=1S/C23H14Cl6N2O4S/c1-9(21(32)31-14-7-10(24)5-6-13(14)25)36-12-4-2-3-11(8-12)30-22(33)15-16(23(34)35)18(27)20(29)19(28)17(15)26/h2-9H,1H3,(H,30,33)(H,31,32)(H,34,35). The fourth-order valence-electron chi connectivity index (χ4n) is 2.97. The zero-order valence-electron chi connectivity index (χ0n) is 18.0. The first-order valence-corrected chi connectivity index (χ1v) is 13.0. The number of rotatable bonds is 7. The van der Waals surface area contributed by atoms with E-state index in [1.807, 2.05) is 0 Å². The van der Waals surface area contributed by atoms with Gasteiger partial charge in [-0.25, -0.2) is 4.79 Å². The molecule has 3 aromatic carbocycles. The number of amides is 2. The molecule has 2 amide bonds. The normalized spacial score (nSPS) is 11.6. The van der Waals surface area contributed by atoms with Gasteiger partial charge in [-0.1, -0.05) is 75.7 Å². The second-order valence-electron chi connectivity index (χ2n) is 7.17. The van der Waals surface area contributed by atoms with E-state index in [4.69, 9.17) is 69.6 Å². The van der Waals surface area contributed by atoms with Gasteiger partial charge in [-0.05, 0) is 43.3 Å². The monoisotopic (exact) mass is 624 g/mol. The fraction of sp³-hybridized carbons (Fsp3) is 0.0870. The molecule has 36 heavy (non-hydrogen) atoms. The Morgan fingerprint density at radius 1 is 0.833 bits per heavy atom. The SMILES string of the molecule is CC(Sc1cccc(NC(=O)c2c(Cl)c(Cl)c(Cl)c(Cl)c2C(=O)O)c1)C(=O)Nc1cc(Cl)ccc1Cl. The quantitative estimate of drug-likeness (QED) is 0.139. The van der Waals surface area contributed by atoms with E-state index in [0.29, 0.717) is 26.3 Å². The molecule has 0 saturated carbocycles. The number of aromatic carboxylic acids is 1. The van der Waals surface area contributed by atoms with Crippen LogP contribution in [0.2, 0.25) is 30.1 Å². The van der Waals surface area contributed by atoms with Crippen LogP contribution in [0.4, 0.5) is 11.4 Å². The Morgan fingerprint density at radius 2 is 1.47 bits per heavy atom. The van der Waals surface area contributed by atoms with E-state index in [0.717, 1.165) is 0 Å². The molecule has 0 aromatic heterocycles. The Hall–Kier alpha value is -1.84. The summed E-state index contributed by atoms with van der Waals surface area (Å²) >= 11 is 37.4. The zero-order chi connectivity index (χ0) is 26.7. The number of nitrogens with one attached hydrogen (secondary N) is 2. The topological polar surface area (TPSA) is 95.5 Å². The summed E-state index contributed by atoms with van der Waals surface area (Å²) in [5.74, 6) is -2.68. The van der Waals surface area contributed by atoms with Crippen LogP contribution in [-0.4, -0.2) is 28.1 Å². The molecule has 0 heterocycles. The van der Waals surface area contributed by atoms with E-state index < -0.39 is 33.3 Å². The maximum Gasteiger partial charge on any atom is 0.338 e. The maximum absolute atomic E-state index is 13.0. The van der Waals surface area contributed by atoms with E-state index >= 15 is 0 Å². The number of carboxylic acids is 1. The van der Waals surface area contributed by atoms with Crippen molar-refractivity contribution in [2.45, 2.75) is 17.1 Å². The van der Waals surface area contributed by atoms with Crippen LogP contribution in [0.3, 0.4) is 0 Å². The van der Waals surface area contributed by atoms with Gasteiger partial charge in [-0.2, -0.15) is 0 Å². The molecule has 0 radical (unpaired) electrons.